The first kappa shape index (κ1) is 15.7. The van der Waals surface area contributed by atoms with Gasteiger partial charge in [0, 0.05) is 39.3 Å². The molecular weight excluding hydrogens is 280 g/mol. The molecule has 0 saturated heterocycles. The Morgan fingerprint density at radius 2 is 2.00 bits per heavy atom. The number of nitrogens with two attached hydrogens (primary N) is 1. The zero-order chi connectivity index (χ0) is 15.4. The molecule has 4 heteroatoms. The molecule has 1 aromatic heterocycles. The molecule has 21 heavy (non-hydrogen) atoms. The van der Waals surface area contributed by atoms with Crippen LogP contribution in [0.25, 0.3) is 0 Å². The second-order valence-electron chi connectivity index (χ2n) is 5.37. The van der Waals surface area contributed by atoms with Crippen molar-refractivity contribution in [2.45, 2.75) is 40.2 Å². The third kappa shape index (κ3) is 4.14. The van der Waals surface area contributed by atoms with Crippen LogP contribution in [0, 0.1) is 13.8 Å². The van der Waals surface area contributed by atoms with Gasteiger partial charge in [-0.1, -0.05) is 6.92 Å². The summed E-state index contributed by atoms with van der Waals surface area (Å²) in [7, 11) is 0. The quantitative estimate of drug-likeness (QED) is 0.745. The van der Waals surface area contributed by atoms with E-state index in [-0.39, 0.29) is 6.04 Å². The lowest BCUT2D eigenvalue weighted by Gasteiger charge is -2.17. The number of rotatable bonds is 6. The van der Waals surface area contributed by atoms with Crippen LogP contribution in [0.3, 0.4) is 0 Å². The monoisotopic (exact) mass is 304 g/mol. The molecule has 0 fully saturated rings. The molecule has 3 N–H and O–H groups in total. The van der Waals surface area contributed by atoms with Crippen LogP contribution in [0.2, 0.25) is 0 Å². The molecule has 1 aromatic carbocycles. The largest absolute Gasteiger partial charge is 0.493 e. The van der Waals surface area contributed by atoms with Crippen LogP contribution >= 0.6 is 11.3 Å². The summed E-state index contributed by atoms with van der Waals surface area (Å²) in [6.45, 7) is 9.28. The number of nitrogens with one attached hydrogen (secondary N) is 1. The van der Waals surface area contributed by atoms with Gasteiger partial charge in [0.1, 0.15) is 5.75 Å². The van der Waals surface area contributed by atoms with Crippen molar-refractivity contribution in [2.24, 2.45) is 0 Å². The molecule has 114 valence electrons. The number of hydrogen-bond acceptors (Lipinski definition) is 4. The lowest BCUT2D eigenvalue weighted by Crippen LogP contribution is -2.07. The van der Waals surface area contributed by atoms with Crippen LogP contribution in [0.4, 0.5) is 11.4 Å². The van der Waals surface area contributed by atoms with Crippen LogP contribution in [-0.4, -0.2) is 6.61 Å². The van der Waals surface area contributed by atoms with Crippen molar-refractivity contribution in [1.29, 1.82) is 0 Å². The van der Waals surface area contributed by atoms with Crippen LogP contribution in [0.1, 0.15) is 41.6 Å². The Morgan fingerprint density at radius 3 is 2.62 bits per heavy atom. The maximum absolute atomic E-state index is 5.96. The maximum Gasteiger partial charge on any atom is 0.123 e. The highest BCUT2D eigenvalue weighted by Crippen LogP contribution is 2.30. The van der Waals surface area contributed by atoms with E-state index in [1.165, 1.54) is 15.3 Å². The Kier molecular flexibility index (Phi) is 5.12. The summed E-state index contributed by atoms with van der Waals surface area (Å²) < 4.78 is 5.67. The highest BCUT2D eigenvalue weighted by molar-refractivity contribution is 7.12. The van der Waals surface area contributed by atoms with E-state index in [0.29, 0.717) is 6.61 Å². The molecule has 0 spiro atoms. The van der Waals surface area contributed by atoms with E-state index >= 15 is 0 Å². The Balaban J connectivity index is 2.14. The fourth-order valence-electron chi connectivity index (χ4n) is 2.42. The normalized spacial score (nSPS) is 12.2. The smallest absolute Gasteiger partial charge is 0.123 e. The molecule has 1 atom stereocenters. The van der Waals surface area contributed by atoms with Gasteiger partial charge in [0.15, 0.2) is 0 Å². The minimum absolute atomic E-state index is 0.246. The Bertz CT molecular complexity index is 607. The van der Waals surface area contributed by atoms with Gasteiger partial charge in [-0.15, -0.1) is 11.3 Å². The average molecular weight is 304 g/mol. The van der Waals surface area contributed by atoms with E-state index in [4.69, 9.17) is 10.5 Å². The number of hydrogen-bond donors (Lipinski definition) is 2. The molecule has 3 nitrogen and oxygen atoms in total. The van der Waals surface area contributed by atoms with Crippen molar-refractivity contribution in [3.8, 4) is 5.75 Å². The summed E-state index contributed by atoms with van der Waals surface area (Å²) in [6, 6.07) is 8.32. The summed E-state index contributed by atoms with van der Waals surface area (Å²) in [6.07, 6.45) is 0.987. The molecule has 0 bridgehead atoms. The molecule has 1 heterocycles. The molecule has 0 aliphatic rings. The van der Waals surface area contributed by atoms with Crippen LogP contribution in [0.5, 0.6) is 5.75 Å². The lowest BCUT2D eigenvalue weighted by molar-refractivity contribution is 0.318. The topological polar surface area (TPSA) is 47.3 Å². The molecule has 0 radical (unpaired) electrons. The van der Waals surface area contributed by atoms with E-state index in [2.05, 4.69) is 39.1 Å². The molecule has 2 rings (SSSR count). The van der Waals surface area contributed by atoms with Gasteiger partial charge in [-0.25, -0.2) is 0 Å². The maximum atomic E-state index is 5.96. The van der Waals surface area contributed by atoms with Crippen molar-refractivity contribution in [2.75, 3.05) is 17.7 Å². The minimum Gasteiger partial charge on any atom is -0.493 e. The van der Waals surface area contributed by atoms with E-state index in [1.54, 1.807) is 0 Å². The zero-order valence-electron chi connectivity index (χ0n) is 13.2. The van der Waals surface area contributed by atoms with Gasteiger partial charge in [0.05, 0.1) is 6.61 Å². The molecule has 0 saturated carbocycles. The van der Waals surface area contributed by atoms with E-state index in [0.717, 1.165) is 23.5 Å². The molecule has 0 aliphatic heterocycles. The van der Waals surface area contributed by atoms with Crippen molar-refractivity contribution >= 4 is 22.7 Å². The Hall–Kier alpha value is -1.68. The van der Waals surface area contributed by atoms with Gasteiger partial charge < -0.3 is 15.8 Å². The summed E-state index contributed by atoms with van der Waals surface area (Å²) in [5.41, 5.74) is 9.02. The standard InChI is InChI=1S/C17H24N2OS/c1-5-6-20-16-9-14(18)8-15(10-16)19-12(3)17-7-11(2)21-13(17)4/h7-10,12,19H,5-6,18H2,1-4H3. The average Bonchev–Trinajstić information content (AvgIpc) is 2.75. The summed E-state index contributed by atoms with van der Waals surface area (Å²) in [4.78, 5) is 2.70. The highest BCUT2D eigenvalue weighted by atomic mass is 32.1. The SMILES string of the molecule is CCCOc1cc(N)cc(NC(C)c2cc(C)sc2C)c1. The molecular formula is C17H24N2OS. The molecule has 2 aromatic rings. The predicted octanol–water partition coefficient (Wildman–Crippen LogP) is 4.91. The highest BCUT2D eigenvalue weighted by Gasteiger charge is 2.12. The second-order valence-corrected chi connectivity index (χ2v) is 6.83. The van der Waals surface area contributed by atoms with Crippen molar-refractivity contribution in [3.63, 3.8) is 0 Å². The number of benzene rings is 1. The van der Waals surface area contributed by atoms with Gasteiger partial charge in [-0.2, -0.15) is 0 Å². The molecule has 0 aliphatic carbocycles. The predicted molar refractivity (Wildman–Crippen MR) is 92.5 cm³/mol. The van der Waals surface area contributed by atoms with Gasteiger partial charge in [-0.05, 0) is 44.9 Å². The second kappa shape index (κ2) is 6.85. The summed E-state index contributed by atoms with van der Waals surface area (Å²) >= 11 is 1.84. The molecule has 1 unspecified atom stereocenters. The fourth-order valence-corrected chi connectivity index (χ4v) is 3.44. The number of ether oxygens (including phenoxy) is 1. The third-order valence-electron chi connectivity index (χ3n) is 3.33. The summed E-state index contributed by atoms with van der Waals surface area (Å²) in [5, 5.41) is 3.52. The fraction of sp³-hybridized carbons (Fsp3) is 0.412. The Labute approximate surface area is 131 Å². The summed E-state index contributed by atoms with van der Waals surface area (Å²) in [5.74, 6) is 0.824. The van der Waals surface area contributed by atoms with E-state index in [1.807, 2.05) is 29.5 Å². The zero-order valence-corrected chi connectivity index (χ0v) is 14.0. The lowest BCUT2D eigenvalue weighted by atomic mass is 10.1. The van der Waals surface area contributed by atoms with Crippen LogP contribution < -0.4 is 15.8 Å². The van der Waals surface area contributed by atoms with Crippen molar-refractivity contribution in [1.82, 2.24) is 0 Å². The van der Waals surface area contributed by atoms with Crippen LogP contribution in [-0.2, 0) is 0 Å². The first-order valence-corrected chi connectivity index (χ1v) is 8.18. The van der Waals surface area contributed by atoms with E-state index < -0.39 is 0 Å². The minimum atomic E-state index is 0.246. The van der Waals surface area contributed by atoms with Gasteiger partial charge in [-0.3, -0.25) is 0 Å². The van der Waals surface area contributed by atoms with Gasteiger partial charge >= 0.3 is 0 Å². The van der Waals surface area contributed by atoms with Gasteiger partial charge in [0.25, 0.3) is 0 Å². The first-order chi connectivity index (χ1) is 9.99. The van der Waals surface area contributed by atoms with E-state index in [9.17, 15) is 0 Å². The number of nitrogen functional groups attached to an aromatic ring is 1. The Morgan fingerprint density at radius 1 is 1.24 bits per heavy atom. The number of anilines is 2. The molecule has 0 amide bonds. The number of thiophene rings is 1. The number of aryl methyl sites for hydroxylation is 2. The van der Waals surface area contributed by atoms with Crippen molar-refractivity contribution < 1.29 is 4.74 Å². The van der Waals surface area contributed by atoms with Crippen molar-refractivity contribution in [3.05, 3.63) is 39.6 Å². The van der Waals surface area contributed by atoms with Crippen LogP contribution in [0.15, 0.2) is 24.3 Å². The first-order valence-electron chi connectivity index (χ1n) is 7.36. The third-order valence-corrected chi connectivity index (χ3v) is 4.31. The van der Waals surface area contributed by atoms with Gasteiger partial charge in [0.2, 0.25) is 0 Å².